The van der Waals surface area contributed by atoms with Crippen LogP contribution in [-0.4, -0.2) is 30.9 Å². The normalized spacial score (nSPS) is 10.4. The van der Waals surface area contributed by atoms with Gasteiger partial charge in [-0.1, -0.05) is 12.5 Å². The van der Waals surface area contributed by atoms with Gasteiger partial charge in [0, 0.05) is 19.2 Å². The Balaban J connectivity index is 2.54. The maximum atomic E-state index is 12.2. The Kier molecular flexibility index (Phi) is 5.86. The molecule has 0 atom stereocenters. The third-order valence-corrected chi connectivity index (χ3v) is 3.30. The average Bonchev–Trinajstić information content (AvgIpc) is 2.37. The topological polar surface area (TPSA) is 46.3 Å². The van der Waals surface area contributed by atoms with Crippen LogP contribution in [0.1, 0.15) is 40.7 Å². The summed E-state index contributed by atoms with van der Waals surface area (Å²) in [6.07, 6.45) is 3.14. The van der Waals surface area contributed by atoms with E-state index < -0.39 is 0 Å². The maximum absolute atomic E-state index is 12.2. The average molecular weight is 248 g/mol. The van der Waals surface area contributed by atoms with Gasteiger partial charge in [-0.2, -0.15) is 0 Å². The number of rotatable bonds is 6. The van der Waals surface area contributed by atoms with E-state index in [1.807, 2.05) is 32.2 Å². The first-order chi connectivity index (χ1) is 8.56. The van der Waals surface area contributed by atoms with Crippen LogP contribution >= 0.6 is 0 Å². The number of nitrogens with two attached hydrogens (primary N) is 1. The predicted octanol–water partition coefficient (Wildman–Crippen LogP) is 2.50. The molecule has 2 N–H and O–H groups in total. The van der Waals surface area contributed by atoms with Crippen LogP contribution in [-0.2, 0) is 0 Å². The Labute approximate surface area is 110 Å². The summed E-state index contributed by atoms with van der Waals surface area (Å²) in [7, 11) is 1.86. The van der Waals surface area contributed by atoms with E-state index in [4.69, 9.17) is 5.73 Å². The largest absolute Gasteiger partial charge is 0.342 e. The lowest BCUT2D eigenvalue weighted by atomic mass is 10.1. The molecule has 0 heterocycles. The van der Waals surface area contributed by atoms with Crippen LogP contribution in [0.3, 0.4) is 0 Å². The van der Waals surface area contributed by atoms with Crippen molar-refractivity contribution in [3.63, 3.8) is 0 Å². The first-order valence-corrected chi connectivity index (χ1v) is 6.59. The monoisotopic (exact) mass is 248 g/mol. The fourth-order valence-corrected chi connectivity index (χ4v) is 1.87. The Morgan fingerprint density at radius 1 is 1.17 bits per heavy atom. The summed E-state index contributed by atoms with van der Waals surface area (Å²) in [6, 6.07) is 5.87. The molecule has 1 amide bonds. The first kappa shape index (κ1) is 14.7. The predicted molar refractivity (Wildman–Crippen MR) is 75.8 cm³/mol. The van der Waals surface area contributed by atoms with Crippen LogP contribution in [0.4, 0.5) is 0 Å². The van der Waals surface area contributed by atoms with Gasteiger partial charge >= 0.3 is 0 Å². The number of nitrogens with zero attached hydrogens (tertiary/aromatic N) is 1. The highest BCUT2D eigenvalue weighted by Crippen LogP contribution is 2.12. The van der Waals surface area contributed by atoms with Crippen molar-refractivity contribution in [3.8, 4) is 0 Å². The molecule has 18 heavy (non-hydrogen) atoms. The van der Waals surface area contributed by atoms with Gasteiger partial charge in [-0.3, -0.25) is 4.79 Å². The molecule has 0 aliphatic carbocycles. The summed E-state index contributed by atoms with van der Waals surface area (Å²) in [6.45, 7) is 5.62. The molecule has 0 fully saturated rings. The van der Waals surface area contributed by atoms with Gasteiger partial charge in [0.1, 0.15) is 0 Å². The number of carbonyl (C=O) groups excluding carboxylic acids is 1. The van der Waals surface area contributed by atoms with E-state index in [1.165, 1.54) is 5.56 Å². The van der Waals surface area contributed by atoms with Crippen molar-refractivity contribution in [2.45, 2.75) is 33.1 Å². The number of aryl methyl sites for hydroxylation is 2. The smallest absolute Gasteiger partial charge is 0.253 e. The number of carbonyl (C=O) groups is 1. The molecule has 1 aromatic carbocycles. The minimum Gasteiger partial charge on any atom is -0.342 e. The van der Waals surface area contributed by atoms with E-state index in [1.54, 1.807) is 4.90 Å². The molecule has 0 unspecified atom stereocenters. The number of hydrogen-bond acceptors (Lipinski definition) is 2. The van der Waals surface area contributed by atoms with Crippen molar-refractivity contribution in [1.82, 2.24) is 4.90 Å². The van der Waals surface area contributed by atoms with Crippen molar-refractivity contribution < 1.29 is 4.79 Å². The van der Waals surface area contributed by atoms with Crippen molar-refractivity contribution in [2.75, 3.05) is 20.1 Å². The molecule has 1 aromatic rings. The van der Waals surface area contributed by atoms with Gasteiger partial charge in [0.15, 0.2) is 0 Å². The zero-order chi connectivity index (χ0) is 13.5. The quantitative estimate of drug-likeness (QED) is 0.786. The van der Waals surface area contributed by atoms with Crippen LogP contribution in [0.2, 0.25) is 0 Å². The van der Waals surface area contributed by atoms with Crippen molar-refractivity contribution in [1.29, 1.82) is 0 Å². The van der Waals surface area contributed by atoms with Gasteiger partial charge in [-0.05, 0) is 56.5 Å². The molecule has 0 bridgehead atoms. The number of unbranched alkanes of at least 4 members (excludes halogenated alkanes) is 2. The highest BCUT2D eigenvalue weighted by Gasteiger charge is 2.11. The van der Waals surface area contributed by atoms with Crippen molar-refractivity contribution >= 4 is 5.91 Å². The first-order valence-electron chi connectivity index (χ1n) is 6.59. The molecule has 0 aliphatic rings. The van der Waals surface area contributed by atoms with Crippen molar-refractivity contribution in [2.24, 2.45) is 5.73 Å². The molecule has 0 aliphatic heterocycles. The lowest BCUT2D eigenvalue weighted by Gasteiger charge is -2.17. The molecule has 100 valence electrons. The van der Waals surface area contributed by atoms with E-state index >= 15 is 0 Å². The molecule has 3 nitrogen and oxygen atoms in total. The van der Waals surface area contributed by atoms with Crippen LogP contribution in [0.5, 0.6) is 0 Å². The summed E-state index contributed by atoms with van der Waals surface area (Å²) in [4.78, 5) is 14.0. The van der Waals surface area contributed by atoms with Gasteiger partial charge in [-0.25, -0.2) is 0 Å². The van der Waals surface area contributed by atoms with E-state index in [9.17, 15) is 4.79 Å². The second-order valence-electron chi connectivity index (χ2n) is 4.88. The van der Waals surface area contributed by atoms with Crippen LogP contribution in [0.25, 0.3) is 0 Å². The van der Waals surface area contributed by atoms with Gasteiger partial charge < -0.3 is 10.6 Å². The summed E-state index contributed by atoms with van der Waals surface area (Å²) >= 11 is 0. The van der Waals surface area contributed by atoms with Crippen LogP contribution in [0, 0.1) is 13.8 Å². The second-order valence-corrected chi connectivity index (χ2v) is 4.88. The fourth-order valence-electron chi connectivity index (χ4n) is 1.87. The third kappa shape index (κ3) is 4.15. The fraction of sp³-hybridized carbons (Fsp3) is 0.533. The minimum absolute atomic E-state index is 0.103. The molecule has 0 saturated heterocycles. The molecule has 1 rings (SSSR count). The molecule has 0 aromatic heterocycles. The zero-order valence-electron chi connectivity index (χ0n) is 11.7. The number of benzene rings is 1. The van der Waals surface area contributed by atoms with Gasteiger partial charge in [0.2, 0.25) is 0 Å². The number of hydrogen-bond donors (Lipinski definition) is 1. The van der Waals surface area contributed by atoms with Gasteiger partial charge in [0.25, 0.3) is 5.91 Å². The highest BCUT2D eigenvalue weighted by atomic mass is 16.2. The Bertz CT molecular complexity index is 401. The molecule has 0 saturated carbocycles. The second kappa shape index (κ2) is 7.17. The summed E-state index contributed by atoms with van der Waals surface area (Å²) < 4.78 is 0. The molecular weight excluding hydrogens is 224 g/mol. The summed E-state index contributed by atoms with van der Waals surface area (Å²) in [5.41, 5.74) is 8.61. The van der Waals surface area contributed by atoms with E-state index in [0.717, 1.165) is 43.5 Å². The minimum atomic E-state index is 0.103. The Hall–Kier alpha value is -1.35. The SMILES string of the molecule is Cc1ccc(C(=O)N(C)CCCCCN)cc1C. The Morgan fingerprint density at radius 3 is 2.50 bits per heavy atom. The van der Waals surface area contributed by atoms with Crippen LogP contribution in [0.15, 0.2) is 18.2 Å². The van der Waals surface area contributed by atoms with E-state index in [0.29, 0.717) is 0 Å². The van der Waals surface area contributed by atoms with Crippen LogP contribution < -0.4 is 5.73 Å². The molecule has 0 radical (unpaired) electrons. The molecule has 3 heteroatoms. The lowest BCUT2D eigenvalue weighted by Crippen LogP contribution is -2.27. The van der Waals surface area contributed by atoms with E-state index in [2.05, 4.69) is 6.92 Å². The summed E-state index contributed by atoms with van der Waals surface area (Å²) in [5.74, 6) is 0.103. The van der Waals surface area contributed by atoms with Crippen molar-refractivity contribution in [3.05, 3.63) is 34.9 Å². The highest BCUT2D eigenvalue weighted by molar-refractivity contribution is 5.94. The van der Waals surface area contributed by atoms with Gasteiger partial charge in [0.05, 0.1) is 0 Å². The van der Waals surface area contributed by atoms with E-state index in [-0.39, 0.29) is 5.91 Å². The number of amides is 1. The van der Waals surface area contributed by atoms with Gasteiger partial charge in [-0.15, -0.1) is 0 Å². The third-order valence-electron chi connectivity index (χ3n) is 3.30. The standard InChI is InChI=1S/C15H24N2O/c1-12-7-8-14(11-13(12)2)15(18)17(3)10-6-4-5-9-16/h7-8,11H,4-6,9-10,16H2,1-3H3. The molecular formula is C15H24N2O. The maximum Gasteiger partial charge on any atom is 0.253 e. The Morgan fingerprint density at radius 2 is 1.89 bits per heavy atom. The summed E-state index contributed by atoms with van der Waals surface area (Å²) in [5, 5.41) is 0. The molecule has 0 spiro atoms. The lowest BCUT2D eigenvalue weighted by molar-refractivity contribution is 0.0792. The zero-order valence-corrected chi connectivity index (χ0v) is 11.7.